The molecule has 3 aromatic rings. The molecule has 0 radical (unpaired) electrons. The van der Waals surface area contributed by atoms with Gasteiger partial charge in [-0.15, -0.1) is 13.2 Å². The monoisotopic (exact) mass is 460 g/mol. The molecule has 1 atom stereocenters. The number of ether oxygens (including phenoxy) is 1. The highest BCUT2D eigenvalue weighted by molar-refractivity contribution is 6.03. The number of aryl methyl sites for hydroxylation is 1. The summed E-state index contributed by atoms with van der Waals surface area (Å²) in [7, 11) is 3.66. The number of hydrogen-bond acceptors (Lipinski definition) is 5. The Morgan fingerprint density at radius 2 is 1.97 bits per heavy atom. The fourth-order valence-corrected chi connectivity index (χ4v) is 3.72. The van der Waals surface area contributed by atoms with Gasteiger partial charge in [0.15, 0.2) is 11.6 Å². The third-order valence-electron chi connectivity index (χ3n) is 5.35. The molecule has 0 saturated heterocycles. The van der Waals surface area contributed by atoms with Crippen LogP contribution in [0.4, 0.5) is 35.3 Å². The van der Waals surface area contributed by atoms with E-state index in [-0.39, 0.29) is 11.8 Å². The number of aromatic nitrogens is 3. The number of nitrogens with one attached hydrogen (secondary N) is 1. The summed E-state index contributed by atoms with van der Waals surface area (Å²) in [5.41, 5.74) is 1.59. The molecule has 11 heteroatoms. The van der Waals surface area contributed by atoms with Gasteiger partial charge in [0.1, 0.15) is 5.75 Å². The molecule has 0 saturated carbocycles. The van der Waals surface area contributed by atoms with Crippen LogP contribution in [0.15, 0.2) is 48.7 Å². The van der Waals surface area contributed by atoms with Gasteiger partial charge >= 0.3 is 12.4 Å². The van der Waals surface area contributed by atoms with Gasteiger partial charge in [-0.3, -0.25) is 14.9 Å². The lowest BCUT2D eigenvalue weighted by Crippen LogP contribution is -2.42. The SMILES string of the molecule is C[C@@H]1CCN(C)c2ccc(-c3cccc(OC(F)(F)F)c3)nc2N1C(=O)Nc1ccn(C)n1. The van der Waals surface area contributed by atoms with Crippen LogP contribution in [-0.2, 0) is 7.05 Å². The standard InChI is InChI=1S/C22H23F3N6O2/c1-14-9-11-29(2)18-8-7-17(15-5-4-6-16(13-15)33-22(23,24)25)26-20(18)31(14)21(32)27-19-10-12-30(3)28-19/h4-8,10,12-14H,9,11H2,1-3H3,(H,27,28,32)/t14-/m1/s1. The Labute approximate surface area is 188 Å². The molecule has 0 bridgehead atoms. The lowest BCUT2D eigenvalue weighted by atomic mass is 10.1. The molecule has 4 rings (SSSR count). The highest BCUT2D eigenvalue weighted by Gasteiger charge is 2.32. The predicted octanol–water partition coefficient (Wildman–Crippen LogP) is 4.65. The smallest absolute Gasteiger partial charge is 0.406 e. The number of anilines is 3. The normalized spacial score (nSPS) is 16.2. The maximum absolute atomic E-state index is 13.2. The summed E-state index contributed by atoms with van der Waals surface area (Å²) in [4.78, 5) is 21.5. The van der Waals surface area contributed by atoms with Gasteiger partial charge in [0, 0.05) is 44.5 Å². The molecule has 174 valence electrons. The van der Waals surface area contributed by atoms with Crippen LogP contribution in [0.3, 0.4) is 0 Å². The third kappa shape index (κ3) is 5.02. The molecule has 1 aliphatic rings. The van der Waals surface area contributed by atoms with Gasteiger partial charge in [-0.2, -0.15) is 5.10 Å². The number of fused-ring (bicyclic) bond motifs is 1. The van der Waals surface area contributed by atoms with Gasteiger partial charge in [-0.1, -0.05) is 12.1 Å². The molecule has 2 amide bonds. The number of pyridine rings is 1. The van der Waals surface area contributed by atoms with Crippen molar-refractivity contribution in [1.82, 2.24) is 14.8 Å². The Hall–Kier alpha value is -3.76. The Kier molecular flexibility index (Phi) is 5.88. The number of alkyl halides is 3. The van der Waals surface area contributed by atoms with Crippen LogP contribution in [0.5, 0.6) is 5.75 Å². The van der Waals surface area contributed by atoms with Crippen molar-refractivity contribution in [1.29, 1.82) is 0 Å². The van der Waals surface area contributed by atoms with Crippen LogP contribution in [0.2, 0.25) is 0 Å². The second-order valence-corrected chi connectivity index (χ2v) is 7.85. The summed E-state index contributed by atoms with van der Waals surface area (Å²) in [6, 6.07) is 10.2. The maximum atomic E-state index is 13.2. The summed E-state index contributed by atoms with van der Waals surface area (Å²) >= 11 is 0. The summed E-state index contributed by atoms with van der Waals surface area (Å²) in [5.74, 6) is 0.476. The molecule has 0 aliphatic carbocycles. The first kappa shape index (κ1) is 22.4. The number of benzene rings is 1. The second kappa shape index (κ2) is 8.64. The molecular weight excluding hydrogens is 437 g/mol. The number of nitrogens with zero attached hydrogens (tertiary/aromatic N) is 5. The minimum Gasteiger partial charge on any atom is -0.406 e. The summed E-state index contributed by atoms with van der Waals surface area (Å²) in [6.45, 7) is 2.63. The molecule has 33 heavy (non-hydrogen) atoms. The fraction of sp³-hybridized carbons (Fsp3) is 0.318. The van der Waals surface area contributed by atoms with Crippen molar-refractivity contribution in [2.24, 2.45) is 7.05 Å². The first-order valence-electron chi connectivity index (χ1n) is 10.3. The zero-order valence-electron chi connectivity index (χ0n) is 18.3. The van der Waals surface area contributed by atoms with Crippen molar-refractivity contribution in [3.63, 3.8) is 0 Å². The van der Waals surface area contributed by atoms with Gasteiger partial charge in [-0.25, -0.2) is 9.78 Å². The van der Waals surface area contributed by atoms with E-state index >= 15 is 0 Å². The number of urea groups is 1. The number of carbonyl (C=O) groups excluding carboxylic acids is 1. The Bertz CT molecular complexity index is 1160. The zero-order chi connectivity index (χ0) is 23.8. The summed E-state index contributed by atoms with van der Waals surface area (Å²) < 4.78 is 43.6. The molecule has 2 aromatic heterocycles. The van der Waals surface area contributed by atoms with Crippen molar-refractivity contribution in [2.45, 2.75) is 25.7 Å². The Balaban J connectivity index is 1.73. The van der Waals surface area contributed by atoms with Crippen LogP contribution in [0.25, 0.3) is 11.3 Å². The molecule has 1 aromatic carbocycles. The molecule has 0 fully saturated rings. The highest BCUT2D eigenvalue weighted by Crippen LogP contribution is 2.36. The van der Waals surface area contributed by atoms with E-state index in [9.17, 15) is 18.0 Å². The van der Waals surface area contributed by atoms with Crippen molar-refractivity contribution < 1.29 is 22.7 Å². The number of halogens is 3. The number of rotatable bonds is 3. The molecule has 1 aliphatic heterocycles. The van der Waals surface area contributed by atoms with E-state index in [1.54, 1.807) is 41.0 Å². The van der Waals surface area contributed by atoms with Crippen LogP contribution < -0.4 is 19.9 Å². The zero-order valence-corrected chi connectivity index (χ0v) is 18.3. The van der Waals surface area contributed by atoms with Gasteiger partial charge < -0.3 is 9.64 Å². The first-order chi connectivity index (χ1) is 15.6. The largest absolute Gasteiger partial charge is 0.573 e. The summed E-state index contributed by atoms with van der Waals surface area (Å²) in [5, 5.41) is 6.98. The van der Waals surface area contributed by atoms with E-state index in [2.05, 4.69) is 15.2 Å². The van der Waals surface area contributed by atoms with E-state index in [4.69, 9.17) is 4.98 Å². The van der Waals surface area contributed by atoms with Crippen LogP contribution in [0.1, 0.15) is 13.3 Å². The average molecular weight is 460 g/mol. The lowest BCUT2D eigenvalue weighted by Gasteiger charge is -2.27. The predicted molar refractivity (Wildman–Crippen MR) is 118 cm³/mol. The van der Waals surface area contributed by atoms with E-state index < -0.39 is 12.4 Å². The van der Waals surface area contributed by atoms with Gasteiger partial charge in [-0.05, 0) is 37.6 Å². The summed E-state index contributed by atoms with van der Waals surface area (Å²) in [6.07, 6.45) is -2.37. The Morgan fingerprint density at radius 1 is 1.18 bits per heavy atom. The Morgan fingerprint density at radius 3 is 2.67 bits per heavy atom. The van der Waals surface area contributed by atoms with Crippen molar-refractivity contribution >= 4 is 23.4 Å². The molecule has 1 N–H and O–H groups in total. The van der Waals surface area contributed by atoms with Crippen LogP contribution in [-0.4, -0.2) is 46.8 Å². The van der Waals surface area contributed by atoms with Crippen LogP contribution in [0, 0.1) is 0 Å². The van der Waals surface area contributed by atoms with Gasteiger partial charge in [0.05, 0.1) is 11.4 Å². The minimum absolute atomic E-state index is 0.181. The fourth-order valence-electron chi connectivity index (χ4n) is 3.72. The van der Waals surface area contributed by atoms with Crippen molar-refractivity contribution in [3.8, 4) is 17.0 Å². The topological polar surface area (TPSA) is 75.5 Å². The van der Waals surface area contributed by atoms with E-state index in [1.807, 2.05) is 24.9 Å². The molecular formula is C22H23F3N6O2. The maximum Gasteiger partial charge on any atom is 0.573 e. The van der Waals surface area contributed by atoms with E-state index in [1.165, 1.54) is 18.2 Å². The third-order valence-corrected chi connectivity index (χ3v) is 5.35. The number of hydrogen-bond donors (Lipinski definition) is 1. The highest BCUT2D eigenvalue weighted by atomic mass is 19.4. The van der Waals surface area contributed by atoms with E-state index in [0.29, 0.717) is 35.9 Å². The van der Waals surface area contributed by atoms with Crippen LogP contribution >= 0.6 is 0 Å². The first-order valence-corrected chi connectivity index (χ1v) is 10.3. The minimum atomic E-state index is -4.79. The van der Waals surface area contributed by atoms with Gasteiger partial charge in [0.25, 0.3) is 0 Å². The molecule has 0 unspecified atom stereocenters. The number of carbonyl (C=O) groups is 1. The lowest BCUT2D eigenvalue weighted by molar-refractivity contribution is -0.274. The molecule has 0 spiro atoms. The average Bonchev–Trinajstić information content (AvgIpc) is 3.10. The molecule has 8 nitrogen and oxygen atoms in total. The second-order valence-electron chi connectivity index (χ2n) is 7.85. The van der Waals surface area contributed by atoms with Crippen molar-refractivity contribution in [2.75, 3.05) is 28.7 Å². The molecule has 3 heterocycles. The van der Waals surface area contributed by atoms with E-state index in [0.717, 1.165) is 5.69 Å². The van der Waals surface area contributed by atoms with Crippen molar-refractivity contribution in [3.05, 3.63) is 48.7 Å². The quantitative estimate of drug-likeness (QED) is 0.616. The number of amides is 2. The van der Waals surface area contributed by atoms with Gasteiger partial charge in [0.2, 0.25) is 0 Å².